The van der Waals surface area contributed by atoms with Crippen molar-refractivity contribution in [2.24, 2.45) is 0 Å². The number of hydrogen-bond acceptors (Lipinski definition) is 5. The van der Waals surface area contributed by atoms with E-state index in [1.54, 1.807) is 17.8 Å². The summed E-state index contributed by atoms with van der Waals surface area (Å²) in [7, 11) is 0. The fourth-order valence-corrected chi connectivity index (χ4v) is 3.41. The lowest BCUT2D eigenvalue weighted by Crippen LogP contribution is -2.23. The van der Waals surface area contributed by atoms with Gasteiger partial charge >= 0.3 is 0 Å². The molecular weight excluding hydrogens is 338 g/mol. The second kappa shape index (κ2) is 7.57. The Kier molecular flexibility index (Phi) is 5.23. The Morgan fingerprint density at radius 2 is 1.96 bits per heavy atom. The molecule has 2 aromatic rings. The maximum absolute atomic E-state index is 12.8. The number of nitrogens with zero attached hydrogens (tertiary/aromatic N) is 2. The summed E-state index contributed by atoms with van der Waals surface area (Å²) in [4.78, 5) is 26.6. The molecule has 0 saturated carbocycles. The first-order valence-corrected chi connectivity index (χ1v) is 9.30. The number of hydrogen-bond donors (Lipinski definition) is 1. The summed E-state index contributed by atoms with van der Waals surface area (Å²) in [6.45, 7) is 1.72. The zero-order chi connectivity index (χ0) is 17.8. The number of rotatable bonds is 5. The van der Waals surface area contributed by atoms with Crippen molar-refractivity contribution < 1.29 is 9.72 Å². The molecule has 1 aliphatic heterocycles. The number of nitro benzene ring substituents is 1. The summed E-state index contributed by atoms with van der Waals surface area (Å²) in [6.07, 6.45) is 4.09. The summed E-state index contributed by atoms with van der Waals surface area (Å²) in [6, 6.07) is 12.0. The van der Waals surface area contributed by atoms with Crippen LogP contribution in [-0.4, -0.2) is 30.2 Å². The highest BCUT2D eigenvalue weighted by atomic mass is 32.2. The minimum absolute atomic E-state index is 0.0778. The number of carbonyl (C=O) groups excluding carboxylic acids is 1. The van der Waals surface area contributed by atoms with Crippen LogP contribution >= 0.6 is 11.8 Å². The zero-order valence-corrected chi connectivity index (χ0v) is 14.7. The molecule has 0 aromatic heterocycles. The van der Waals surface area contributed by atoms with Crippen LogP contribution in [0.1, 0.15) is 23.2 Å². The third kappa shape index (κ3) is 3.93. The van der Waals surface area contributed by atoms with Crippen LogP contribution in [0, 0.1) is 10.1 Å². The molecule has 0 radical (unpaired) electrons. The standard InChI is InChI=1S/C18H19N3O3S/c1-25-15-6-4-5-13(11-15)19-18(22)16-12-14(21(23)24)7-8-17(16)20-9-2-3-10-20/h4-8,11-12H,2-3,9-10H2,1H3,(H,19,22). The van der Waals surface area contributed by atoms with Crippen LogP contribution in [0.5, 0.6) is 0 Å². The van der Waals surface area contributed by atoms with Gasteiger partial charge in [-0.25, -0.2) is 0 Å². The molecule has 130 valence electrons. The van der Waals surface area contributed by atoms with Crippen LogP contribution in [0.4, 0.5) is 17.1 Å². The molecule has 7 heteroatoms. The first-order chi connectivity index (χ1) is 12.1. The Morgan fingerprint density at radius 3 is 2.64 bits per heavy atom. The Labute approximate surface area is 150 Å². The normalized spacial score (nSPS) is 13.7. The molecule has 6 nitrogen and oxygen atoms in total. The molecule has 1 saturated heterocycles. The van der Waals surface area contributed by atoms with E-state index in [0.29, 0.717) is 11.3 Å². The van der Waals surface area contributed by atoms with Crippen LogP contribution < -0.4 is 10.2 Å². The quantitative estimate of drug-likeness (QED) is 0.494. The lowest BCUT2D eigenvalue weighted by atomic mass is 10.1. The number of non-ortho nitro benzene ring substituents is 1. The predicted octanol–water partition coefficient (Wildman–Crippen LogP) is 4.17. The summed E-state index contributed by atoms with van der Waals surface area (Å²) in [5, 5.41) is 14.0. The molecule has 3 rings (SSSR count). The second-order valence-corrected chi connectivity index (χ2v) is 6.72. The minimum atomic E-state index is -0.473. The van der Waals surface area contributed by atoms with Gasteiger partial charge in [-0.3, -0.25) is 14.9 Å². The maximum Gasteiger partial charge on any atom is 0.270 e. The van der Waals surface area contributed by atoms with E-state index >= 15 is 0 Å². The molecule has 25 heavy (non-hydrogen) atoms. The SMILES string of the molecule is CSc1cccc(NC(=O)c2cc([N+](=O)[O-])ccc2N2CCCC2)c1. The van der Waals surface area contributed by atoms with Gasteiger partial charge in [-0.05, 0) is 43.4 Å². The van der Waals surface area contributed by atoms with Crippen molar-refractivity contribution in [1.82, 2.24) is 0 Å². The van der Waals surface area contributed by atoms with E-state index in [9.17, 15) is 14.9 Å². The van der Waals surface area contributed by atoms with Crippen molar-refractivity contribution in [2.75, 3.05) is 29.6 Å². The average molecular weight is 357 g/mol. The molecule has 1 amide bonds. The van der Waals surface area contributed by atoms with Crippen LogP contribution in [0.15, 0.2) is 47.4 Å². The number of nitrogens with one attached hydrogen (secondary N) is 1. The van der Waals surface area contributed by atoms with Gasteiger partial charge in [0.25, 0.3) is 11.6 Å². The van der Waals surface area contributed by atoms with Crippen LogP contribution in [0.25, 0.3) is 0 Å². The third-order valence-corrected chi connectivity index (χ3v) is 4.94. The third-order valence-electron chi connectivity index (χ3n) is 4.21. The van der Waals surface area contributed by atoms with E-state index in [4.69, 9.17) is 0 Å². The number of carbonyl (C=O) groups is 1. The van der Waals surface area contributed by atoms with Gasteiger partial charge in [0, 0.05) is 35.8 Å². The van der Waals surface area contributed by atoms with Crippen LogP contribution in [0.2, 0.25) is 0 Å². The van der Waals surface area contributed by atoms with E-state index in [1.807, 2.05) is 30.5 Å². The van der Waals surface area contributed by atoms with Gasteiger partial charge in [0.1, 0.15) is 0 Å². The van der Waals surface area contributed by atoms with E-state index in [-0.39, 0.29) is 11.6 Å². The molecule has 1 fully saturated rings. The van der Waals surface area contributed by atoms with E-state index < -0.39 is 4.92 Å². The number of thioether (sulfide) groups is 1. The fourth-order valence-electron chi connectivity index (χ4n) is 2.95. The molecule has 0 spiro atoms. The minimum Gasteiger partial charge on any atom is -0.371 e. The van der Waals surface area contributed by atoms with Gasteiger partial charge in [-0.2, -0.15) is 0 Å². The molecule has 1 N–H and O–H groups in total. The summed E-state index contributed by atoms with van der Waals surface area (Å²) < 4.78 is 0. The van der Waals surface area contributed by atoms with Gasteiger partial charge < -0.3 is 10.2 Å². The zero-order valence-electron chi connectivity index (χ0n) is 13.9. The smallest absolute Gasteiger partial charge is 0.270 e. The first-order valence-electron chi connectivity index (χ1n) is 8.07. The van der Waals surface area contributed by atoms with Gasteiger partial charge in [0.15, 0.2) is 0 Å². The van der Waals surface area contributed by atoms with Crippen molar-refractivity contribution in [2.45, 2.75) is 17.7 Å². The lowest BCUT2D eigenvalue weighted by molar-refractivity contribution is -0.384. The Balaban J connectivity index is 1.93. The summed E-state index contributed by atoms with van der Waals surface area (Å²) >= 11 is 1.59. The highest BCUT2D eigenvalue weighted by Gasteiger charge is 2.22. The number of nitro groups is 1. The van der Waals surface area contributed by atoms with Crippen LogP contribution in [-0.2, 0) is 0 Å². The Hall–Kier alpha value is -2.54. The Bertz CT molecular complexity index is 804. The molecule has 0 bridgehead atoms. The Morgan fingerprint density at radius 1 is 1.20 bits per heavy atom. The van der Waals surface area contributed by atoms with Crippen molar-refractivity contribution in [3.8, 4) is 0 Å². The van der Waals surface area contributed by atoms with Crippen molar-refractivity contribution in [1.29, 1.82) is 0 Å². The molecule has 1 aliphatic rings. The van der Waals surface area contributed by atoms with Gasteiger partial charge in [0.2, 0.25) is 0 Å². The monoisotopic (exact) mass is 357 g/mol. The molecule has 1 heterocycles. The van der Waals surface area contributed by atoms with Gasteiger partial charge in [-0.15, -0.1) is 11.8 Å². The average Bonchev–Trinajstić information content (AvgIpc) is 3.15. The van der Waals surface area contributed by atoms with Gasteiger partial charge in [-0.1, -0.05) is 6.07 Å². The lowest BCUT2D eigenvalue weighted by Gasteiger charge is -2.21. The van der Waals surface area contributed by atoms with Gasteiger partial charge in [0.05, 0.1) is 16.2 Å². The second-order valence-electron chi connectivity index (χ2n) is 5.84. The van der Waals surface area contributed by atoms with Crippen molar-refractivity contribution in [3.63, 3.8) is 0 Å². The highest BCUT2D eigenvalue weighted by Crippen LogP contribution is 2.29. The topological polar surface area (TPSA) is 75.5 Å². The first kappa shape index (κ1) is 17.3. The van der Waals surface area contributed by atoms with E-state index in [2.05, 4.69) is 10.2 Å². The van der Waals surface area contributed by atoms with E-state index in [1.165, 1.54) is 12.1 Å². The number of anilines is 2. The number of amides is 1. The van der Waals surface area contributed by atoms with Crippen molar-refractivity contribution in [3.05, 3.63) is 58.1 Å². The molecule has 2 aromatic carbocycles. The summed E-state index contributed by atoms with van der Waals surface area (Å²) in [5.41, 5.74) is 1.69. The molecule has 0 aliphatic carbocycles. The highest BCUT2D eigenvalue weighted by molar-refractivity contribution is 7.98. The summed E-state index contributed by atoms with van der Waals surface area (Å²) in [5.74, 6) is -0.330. The fraction of sp³-hybridized carbons (Fsp3) is 0.278. The predicted molar refractivity (Wildman–Crippen MR) is 101 cm³/mol. The maximum atomic E-state index is 12.8. The van der Waals surface area contributed by atoms with Crippen LogP contribution in [0.3, 0.4) is 0 Å². The van der Waals surface area contributed by atoms with E-state index in [0.717, 1.165) is 36.5 Å². The molecule has 0 atom stereocenters. The van der Waals surface area contributed by atoms with Crippen molar-refractivity contribution >= 4 is 34.7 Å². The molecular formula is C18H19N3O3S. The largest absolute Gasteiger partial charge is 0.371 e. The number of benzene rings is 2. The molecule has 0 unspecified atom stereocenters.